The van der Waals surface area contributed by atoms with Gasteiger partial charge in [-0.3, -0.25) is 0 Å². The first kappa shape index (κ1) is 18.0. The lowest BCUT2D eigenvalue weighted by Gasteiger charge is -2.27. The lowest BCUT2D eigenvalue weighted by atomic mass is 9.78. The maximum absolute atomic E-state index is 8.80. The fraction of sp³-hybridized carbons (Fsp3) is 0.320. The van der Waals surface area contributed by atoms with Gasteiger partial charge in [0, 0.05) is 5.56 Å². The summed E-state index contributed by atoms with van der Waals surface area (Å²) >= 11 is 0. The van der Waals surface area contributed by atoms with Gasteiger partial charge in [0.25, 0.3) is 0 Å². The van der Waals surface area contributed by atoms with Crippen molar-refractivity contribution in [3.05, 3.63) is 82.9 Å². The van der Waals surface area contributed by atoms with Crippen LogP contribution in [0.2, 0.25) is 0 Å². The molecule has 1 nitrogen and oxygen atoms in total. The summed E-state index contributed by atoms with van der Waals surface area (Å²) in [7, 11) is 0. The highest BCUT2D eigenvalue weighted by Gasteiger charge is 2.20. The number of hydrogen-bond donors (Lipinski definition) is 0. The van der Waals surface area contributed by atoms with Crippen LogP contribution in [0.4, 0.5) is 0 Å². The van der Waals surface area contributed by atoms with Crippen molar-refractivity contribution in [3.8, 4) is 17.9 Å². The first-order valence-electron chi connectivity index (χ1n) is 9.55. The molecule has 0 atom stereocenters. The molecule has 26 heavy (non-hydrogen) atoms. The van der Waals surface area contributed by atoms with Crippen molar-refractivity contribution in [1.82, 2.24) is 0 Å². The van der Waals surface area contributed by atoms with Crippen LogP contribution < -0.4 is 0 Å². The highest BCUT2D eigenvalue weighted by atomic mass is 14.3. The summed E-state index contributed by atoms with van der Waals surface area (Å²) in [6, 6.07) is 18.7. The van der Waals surface area contributed by atoms with Gasteiger partial charge in [-0.2, -0.15) is 5.26 Å². The van der Waals surface area contributed by atoms with Gasteiger partial charge in [-0.05, 0) is 85.4 Å². The Kier molecular flexibility index (Phi) is 6.29. The number of nitriles is 1. The molecule has 1 fully saturated rings. The Morgan fingerprint density at radius 2 is 1.58 bits per heavy atom. The van der Waals surface area contributed by atoms with Crippen LogP contribution in [0.5, 0.6) is 0 Å². The maximum Gasteiger partial charge on any atom is 0.0991 e. The minimum Gasteiger partial charge on any atom is -0.192 e. The second kappa shape index (κ2) is 9.07. The maximum atomic E-state index is 8.80. The van der Waals surface area contributed by atoms with Crippen molar-refractivity contribution in [2.24, 2.45) is 5.92 Å². The van der Waals surface area contributed by atoms with Crippen LogP contribution >= 0.6 is 0 Å². The molecule has 130 valence electrons. The first-order valence-corrected chi connectivity index (χ1v) is 9.55. The first-order chi connectivity index (χ1) is 12.8. The fourth-order valence-electron chi connectivity index (χ4n) is 3.61. The zero-order valence-electron chi connectivity index (χ0n) is 15.4. The van der Waals surface area contributed by atoms with Gasteiger partial charge in [0.2, 0.25) is 0 Å². The highest BCUT2D eigenvalue weighted by Crippen LogP contribution is 2.36. The molecule has 0 aliphatic heterocycles. The van der Waals surface area contributed by atoms with E-state index in [1.54, 1.807) is 0 Å². The minimum absolute atomic E-state index is 0.649. The number of allylic oxidation sites excluding steroid dienone is 2. The van der Waals surface area contributed by atoms with Crippen LogP contribution in [0.1, 0.15) is 60.8 Å². The van der Waals surface area contributed by atoms with E-state index in [0.29, 0.717) is 11.5 Å². The predicted molar refractivity (Wildman–Crippen MR) is 108 cm³/mol. The molecule has 0 bridgehead atoms. The predicted octanol–water partition coefficient (Wildman–Crippen LogP) is 6.00. The van der Waals surface area contributed by atoms with Crippen molar-refractivity contribution in [3.63, 3.8) is 0 Å². The van der Waals surface area contributed by atoms with E-state index in [-0.39, 0.29) is 0 Å². The molecule has 1 aliphatic rings. The second-order valence-corrected chi connectivity index (χ2v) is 7.02. The lowest BCUT2D eigenvalue weighted by Crippen LogP contribution is -2.11. The molecular weight excluding hydrogens is 314 g/mol. The minimum atomic E-state index is 0.649. The molecule has 0 amide bonds. The number of hydrogen-bond acceptors (Lipinski definition) is 1. The van der Waals surface area contributed by atoms with Gasteiger partial charge in [-0.25, -0.2) is 0 Å². The normalized spacial score (nSPS) is 19.5. The monoisotopic (exact) mass is 339 g/mol. The van der Waals surface area contributed by atoms with Gasteiger partial charge in [0.05, 0.1) is 11.6 Å². The molecular formula is C25H25N. The zero-order valence-corrected chi connectivity index (χ0v) is 15.4. The highest BCUT2D eigenvalue weighted by molar-refractivity contribution is 5.41. The van der Waals surface area contributed by atoms with Gasteiger partial charge in [-0.1, -0.05) is 49.1 Å². The number of nitrogens with zero attached hydrogens (tertiary/aromatic N) is 1. The van der Waals surface area contributed by atoms with Gasteiger partial charge >= 0.3 is 0 Å². The van der Waals surface area contributed by atoms with E-state index in [9.17, 15) is 0 Å². The fourth-order valence-corrected chi connectivity index (χ4v) is 3.61. The standard InChI is InChI=1S/C25H25N/c1-2-20-11-15-24(16-12-20)25-17-13-22(14-18-25)6-4-3-5-21-7-9-23(19-26)10-8-21/h4,6-12,15-16,22,25H,2,13-14,17-18H2,1H3/b6-4+. The third-order valence-electron chi connectivity index (χ3n) is 5.31. The number of rotatable bonds is 3. The molecule has 0 radical (unpaired) electrons. The van der Waals surface area contributed by atoms with Crippen molar-refractivity contribution >= 4 is 0 Å². The lowest BCUT2D eigenvalue weighted by molar-refractivity contribution is 0.376. The molecule has 3 rings (SSSR count). The van der Waals surface area contributed by atoms with Crippen LogP contribution in [0.3, 0.4) is 0 Å². The summed E-state index contributed by atoms with van der Waals surface area (Å²) in [5.74, 6) is 7.63. The van der Waals surface area contributed by atoms with Gasteiger partial charge < -0.3 is 0 Å². The van der Waals surface area contributed by atoms with Crippen molar-refractivity contribution in [2.75, 3.05) is 0 Å². The van der Waals surface area contributed by atoms with E-state index in [4.69, 9.17) is 5.26 Å². The van der Waals surface area contributed by atoms with Gasteiger partial charge in [-0.15, -0.1) is 0 Å². The van der Waals surface area contributed by atoms with Crippen molar-refractivity contribution in [2.45, 2.75) is 44.9 Å². The third kappa shape index (κ3) is 4.87. The summed E-state index contributed by atoms with van der Waals surface area (Å²) in [4.78, 5) is 0. The van der Waals surface area contributed by atoms with Gasteiger partial charge in [0.15, 0.2) is 0 Å². The number of benzene rings is 2. The van der Waals surface area contributed by atoms with Crippen LogP contribution in [0, 0.1) is 29.1 Å². The summed E-state index contributed by atoms with van der Waals surface area (Å²) in [6.45, 7) is 2.21. The van der Waals surface area contributed by atoms with Crippen LogP contribution in [0.25, 0.3) is 0 Å². The summed E-state index contributed by atoms with van der Waals surface area (Å²) in [5, 5.41) is 8.80. The van der Waals surface area contributed by atoms with E-state index >= 15 is 0 Å². The van der Waals surface area contributed by atoms with E-state index in [1.165, 1.54) is 36.8 Å². The van der Waals surface area contributed by atoms with E-state index in [1.807, 2.05) is 30.3 Å². The Bertz CT molecular complexity index is 830. The molecule has 0 unspecified atom stereocenters. The van der Waals surface area contributed by atoms with E-state index in [0.717, 1.165) is 17.9 Å². The van der Waals surface area contributed by atoms with Crippen LogP contribution in [-0.4, -0.2) is 0 Å². The molecule has 1 aliphatic carbocycles. The molecule has 1 saturated carbocycles. The smallest absolute Gasteiger partial charge is 0.0991 e. The van der Waals surface area contributed by atoms with E-state index in [2.05, 4.69) is 55.2 Å². The third-order valence-corrected chi connectivity index (χ3v) is 5.31. The largest absolute Gasteiger partial charge is 0.192 e. The Morgan fingerprint density at radius 3 is 2.19 bits per heavy atom. The second-order valence-electron chi connectivity index (χ2n) is 7.02. The molecule has 0 aromatic heterocycles. The molecule has 0 saturated heterocycles. The Balaban J connectivity index is 1.49. The average molecular weight is 339 g/mol. The topological polar surface area (TPSA) is 23.8 Å². The zero-order chi connectivity index (χ0) is 18.2. The Morgan fingerprint density at radius 1 is 0.923 bits per heavy atom. The van der Waals surface area contributed by atoms with Crippen LogP contribution in [0.15, 0.2) is 60.7 Å². The summed E-state index contributed by atoms with van der Waals surface area (Å²) < 4.78 is 0. The SMILES string of the molecule is CCc1ccc(C2CCC(/C=C/C#Cc3ccc(C#N)cc3)CC2)cc1. The van der Waals surface area contributed by atoms with E-state index < -0.39 is 0 Å². The number of aryl methyl sites for hydroxylation is 1. The quantitative estimate of drug-likeness (QED) is 0.629. The molecule has 2 aromatic carbocycles. The molecule has 0 N–H and O–H groups in total. The molecule has 0 spiro atoms. The molecule has 1 heteroatoms. The summed E-state index contributed by atoms with van der Waals surface area (Å²) in [6.07, 6.45) is 10.4. The van der Waals surface area contributed by atoms with Crippen molar-refractivity contribution < 1.29 is 0 Å². The molecule has 0 heterocycles. The average Bonchev–Trinajstić information content (AvgIpc) is 2.72. The Labute approximate surface area is 157 Å². The van der Waals surface area contributed by atoms with Crippen molar-refractivity contribution in [1.29, 1.82) is 5.26 Å². The van der Waals surface area contributed by atoms with Crippen LogP contribution in [-0.2, 0) is 6.42 Å². The Hall–Kier alpha value is -2.77. The summed E-state index contributed by atoms with van der Waals surface area (Å²) in [5.41, 5.74) is 4.55. The molecule has 2 aromatic rings. The van der Waals surface area contributed by atoms with Gasteiger partial charge in [0.1, 0.15) is 0 Å².